The van der Waals surface area contributed by atoms with Crippen LogP contribution in [0.1, 0.15) is 13.8 Å². The standard InChI is InChI=1S/C15H18F3N3O5S/c1-10(2)14(22)20-7-5-19(6-8-20)12-4-3-11(9-13(12)21(23)24)27(25,26)15(16,17)18/h3-4,9-10H,5-8H2,1-2H3. The summed E-state index contributed by atoms with van der Waals surface area (Å²) in [6, 6.07) is 2.12. The van der Waals surface area contributed by atoms with Crippen molar-refractivity contribution in [1.82, 2.24) is 4.90 Å². The number of sulfone groups is 1. The number of anilines is 1. The Labute approximate surface area is 153 Å². The van der Waals surface area contributed by atoms with E-state index in [-0.39, 0.29) is 30.6 Å². The van der Waals surface area contributed by atoms with Crippen LogP contribution in [0, 0.1) is 16.0 Å². The number of piperazine rings is 1. The Morgan fingerprint density at radius 3 is 2.19 bits per heavy atom. The molecular formula is C15H18F3N3O5S. The van der Waals surface area contributed by atoms with Crippen molar-refractivity contribution in [3.05, 3.63) is 28.3 Å². The van der Waals surface area contributed by atoms with Crippen LogP contribution in [-0.4, -0.2) is 55.8 Å². The summed E-state index contributed by atoms with van der Waals surface area (Å²) in [6.07, 6.45) is 0. The molecule has 150 valence electrons. The third-order valence-corrected chi connectivity index (χ3v) is 5.67. The van der Waals surface area contributed by atoms with Gasteiger partial charge >= 0.3 is 5.51 Å². The molecule has 0 unspecified atom stereocenters. The number of halogens is 3. The van der Waals surface area contributed by atoms with Crippen LogP contribution in [0.4, 0.5) is 24.5 Å². The first kappa shape index (κ1) is 20.9. The minimum Gasteiger partial charge on any atom is -0.362 e. The fourth-order valence-corrected chi connectivity index (χ4v) is 3.53. The Morgan fingerprint density at radius 1 is 1.19 bits per heavy atom. The van der Waals surface area contributed by atoms with Gasteiger partial charge in [0.2, 0.25) is 5.91 Å². The van der Waals surface area contributed by atoms with Crippen molar-refractivity contribution in [3.8, 4) is 0 Å². The smallest absolute Gasteiger partial charge is 0.362 e. The first-order valence-electron chi connectivity index (χ1n) is 7.99. The first-order valence-corrected chi connectivity index (χ1v) is 9.48. The van der Waals surface area contributed by atoms with Gasteiger partial charge in [-0.2, -0.15) is 13.2 Å². The van der Waals surface area contributed by atoms with Crippen LogP contribution < -0.4 is 4.90 Å². The van der Waals surface area contributed by atoms with Gasteiger partial charge in [-0.15, -0.1) is 0 Å². The van der Waals surface area contributed by atoms with Gasteiger partial charge in [0.05, 0.1) is 9.82 Å². The van der Waals surface area contributed by atoms with Crippen molar-refractivity contribution >= 4 is 27.1 Å². The van der Waals surface area contributed by atoms with Crippen LogP contribution in [0.25, 0.3) is 0 Å². The Bertz CT molecular complexity index is 847. The highest BCUT2D eigenvalue weighted by molar-refractivity contribution is 7.92. The zero-order chi connectivity index (χ0) is 20.6. The normalized spacial score (nSPS) is 15.9. The summed E-state index contributed by atoms with van der Waals surface area (Å²) >= 11 is 0. The van der Waals surface area contributed by atoms with E-state index in [9.17, 15) is 36.5 Å². The molecule has 1 aromatic rings. The van der Waals surface area contributed by atoms with Crippen molar-refractivity contribution in [2.75, 3.05) is 31.1 Å². The van der Waals surface area contributed by atoms with E-state index in [2.05, 4.69) is 0 Å². The van der Waals surface area contributed by atoms with E-state index in [1.54, 1.807) is 23.6 Å². The molecule has 0 aliphatic carbocycles. The van der Waals surface area contributed by atoms with Crippen LogP contribution in [0.3, 0.4) is 0 Å². The molecule has 1 aliphatic rings. The van der Waals surface area contributed by atoms with E-state index in [1.807, 2.05) is 0 Å². The van der Waals surface area contributed by atoms with Crippen LogP contribution in [0.5, 0.6) is 0 Å². The number of hydrogen-bond donors (Lipinski definition) is 0. The lowest BCUT2D eigenvalue weighted by Gasteiger charge is -2.36. The number of nitro groups is 1. The largest absolute Gasteiger partial charge is 0.501 e. The van der Waals surface area contributed by atoms with Crippen LogP contribution >= 0.6 is 0 Å². The molecule has 0 spiro atoms. The highest BCUT2D eigenvalue weighted by Crippen LogP contribution is 2.36. The van der Waals surface area contributed by atoms with Crippen molar-refractivity contribution in [3.63, 3.8) is 0 Å². The quantitative estimate of drug-likeness (QED) is 0.558. The summed E-state index contributed by atoms with van der Waals surface area (Å²) in [6.45, 7) is 4.58. The molecule has 0 bridgehead atoms. The number of hydrogen-bond acceptors (Lipinski definition) is 6. The number of nitro benzene ring substituents is 1. The van der Waals surface area contributed by atoms with Gasteiger partial charge in [-0.25, -0.2) is 8.42 Å². The lowest BCUT2D eigenvalue weighted by Crippen LogP contribution is -2.50. The maximum atomic E-state index is 12.7. The predicted molar refractivity (Wildman–Crippen MR) is 90.0 cm³/mol. The molecule has 0 aromatic heterocycles. The Balaban J connectivity index is 2.32. The number of benzene rings is 1. The first-order chi connectivity index (χ1) is 12.4. The average molecular weight is 409 g/mol. The Hall–Kier alpha value is -2.37. The highest BCUT2D eigenvalue weighted by atomic mass is 32.2. The van der Waals surface area contributed by atoms with Crippen molar-refractivity contribution in [2.45, 2.75) is 24.3 Å². The van der Waals surface area contributed by atoms with Gasteiger partial charge in [0, 0.05) is 38.2 Å². The second-order valence-corrected chi connectivity index (χ2v) is 8.27. The number of alkyl halides is 3. The van der Waals surface area contributed by atoms with Gasteiger partial charge < -0.3 is 9.80 Å². The second kappa shape index (κ2) is 7.33. The molecule has 1 aromatic carbocycles. The molecule has 8 nitrogen and oxygen atoms in total. The predicted octanol–water partition coefficient (Wildman–Crippen LogP) is 2.19. The average Bonchev–Trinajstić information content (AvgIpc) is 2.59. The van der Waals surface area contributed by atoms with E-state index >= 15 is 0 Å². The van der Waals surface area contributed by atoms with Gasteiger partial charge in [-0.05, 0) is 12.1 Å². The Kier molecular flexibility index (Phi) is 5.68. The van der Waals surface area contributed by atoms with E-state index in [4.69, 9.17) is 0 Å². The lowest BCUT2D eigenvalue weighted by atomic mass is 10.1. The third-order valence-electron chi connectivity index (χ3n) is 4.18. The molecule has 1 fully saturated rings. The van der Waals surface area contributed by atoms with Gasteiger partial charge in [0.25, 0.3) is 15.5 Å². The SMILES string of the molecule is CC(C)C(=O)N1CCN(c2ccc(S(=O)(=O)C(F)(F)F)cc2[N+](=O)[O-])CC1. The second-order valence-electron chi connectivity index (χ2n) is 6.32. The minimum absolute atomic E-state index is 0.0118. The number of rotatable bonds is 4. The van der Waals surface area contributed by atoms with E-state index in [0.717, 1.165) is 6.07 Å². The maximum absolute atomic E-state index is 12.7. The van der Waals surface area contributed by atoms with E-state index < -0.39 is 30.9 Å². The highest BCUT2D eigenvalue weighted by Gasteiger charge is 2.47. The monoisotopic (exact) mass is 409 g/mol. The van der Waals surface area contributed by atoms with E-state index in [1.165, 1.54) is 0 Å². The zero-order valence-electron chi connectivity index (χ0n) is 14.6. The molecule has 0 atom stereocenters. The summed E-state index contributed by atoms with van der Waals surface area (Å²) < 4.78 is 61.0. The molecule has 2 rings (SSSR count). The number of carbonyl (C=O) groups is 1. The lowest BCUT2D eigenvalue weighted by molar-refractivity contribution is -0.384. The molecule has 1 amide bonds. The molecular weight excluding hydrogens is 391 g/mol. The maximum Gasteiger partial charge on any atom is 0.501 e. The summed E-state index contributed by atoms with van der Waals surface area (Å²) in [5.41, 5.74) is -6.27. The fraction of sp³-hybridized carbons (Fsp3) is 0.533. The summed E-state index contributed by atoms with van der Waals surface area (Å²) in [4.78, 5) is 24.3. The molecule has 12 heteroatoms. The van der Waals surface area contributed by atoms with Crippen LogP contribution in [0.15, 0.2) is 23.1 Å². The van der Waals surface area contributed by atoms with Crippen LogP contribution in [-0.2, 0) is 14.6 Å². The summed E-state index contributed by atoms with van der Waals surface area (Å²) in [5.74, 6) is -0.256. The number of nitrogens with zero attached hydrogens (tertiary/aromatic N) is 3. The molecule has 0 radical (unpaired) electrons. The van der Waals surface area contributed by atoms with Gasteiger partial charge in [-0.1, -0.05) is 13.8 Å². The summed E-state index contributed by atoms with van der Waals surface area (Å²) in [5, 5.41) is 11.3. The molecule has 0 N–H and O–H groups in total. The van der Waals surface area contributed by atoms with Crippen molar-refractivity contribution < 1.29 is 31.3 Å². The van der Waals surface area contributed by atoms with E-state index in [0.29, 0.717) is 25.2 Å². The minimum atomic E-state index is -5.69. The van der Waals surface area contributed by atoms with Crippen molar-refractivity contribution in [1.29, 1.82) is 0 Å². The van der Waals surface area contributed by atoms with Gasteiger partial charge in [-0.3, -0.25) is 14.9 Å². The molecule has 1 aliphatic heterocycles. The Morgan fingerprint density at radius 2 is 1.74 bits per heavy atom. The topological polar surface area (TPSA) is 101 Å². The number of carbonyl (C=O) groups excluding carboxylic acids is 1. The molecule has 0 saturated carbocycles. The number of amides is 1. The zero-order valence-corrected chi connectivity index (χ0v) is 15.4. The van der Waals surface area contributed by atoms with Gasteiger partial charge in [0.1, 0.15) is 5.69 Å². The van der Waals surface area contributed by atoms with Crippen molar-refractivity contribution in [2.24, 2.45) is 5.92 Å². The van der Waals surface area contributed by atoms with Crippen LogP contribution in [0.2, 0.25) is 0 Å². The molecule has 27 heavy (non-hydrogen) atoms. The summed E-state index contributed by atoms with van der Waals surface area (Å²) in [7, 11) is -5.69. The third kappa shape index (κ3) is 4.15. The molecule has 1 heterocycles. The van der Waals surface area contributed by atoms with Gasteiger partial charge in [0.15, 0.2) is 0 Å². The molecule has 1 saturated heterocycles. The fourth-order valence-electron chi connectivity index (χ4n) is 2.75.